The second-order valence-corrected chi connectivity index (χ2v) is 24.4. The van der Waals surface area contributed by atoms with E-state index in [0.717, 1.165) is 28.2 Å². The third-order valence-electron chi connectivity index (χ3n) is 17.1. The van der Waals surface area contributed by atoms with E-state index in [1.807, 2.05) is 18.2 Å². The van der Waals surface area contributed by atoms with Crippen LogP contribution < -0.4 is 0 Å². The minimum Gasteiger partial charge on any atom is -0.353 e. The van der Waals surface area contributed by atoms with Crippen molar-refractivity contribution in [3.05, 3.63) is 295 Å². The van der Waals surface area contributed by atoms with E-state index in [0.29, 0.717) is 0 Å². The van der Waals surface area contributed by atoms with E-state index in [-0.39, 0.29) is 0 Å². The third kappa shape index (κ3) is 7.71. The summed E-state index contributed by atoms with van der Waals surface area (Å²) in [4.78, 5) is 3.64. The lowest BCUT2D eigenvalue weighted by atomic mass is 10.0. The molecule has 12 aromatic carbocycles. The normalized spacial score (nSPS) is 12.5. The maximum Gasteiger partial charge on any atom is 0.0683 e. The molecular weight excluding hydrogens is 1230 g/mol. The highest BCUT2D eigenvalue weighted by Crippen LogP contribution is 2.49. The molecule has 0 saturated carbocycles. The Hall–Kier alpha value is -8.27. The van der Waals surface area contributed by atoms with E-state index in [9.17, 15) is 0 Å². The van der Waals surface area contributed by atoms with Crippen LogP contribution in [0.3, 0.4) is 0 Å². The van der Waals surface area contributed by atoms with E-state index in [2.05, 4.69) is 299 Å². The number of nitrogens with one attached hydrogen (secondary N) is 1. The van der Waals surface area contributed by atoms with Gasteiger partial charge >= 0.3 is 0 Å². The van der Waals surface area contributed by atoms with Crippen LogP contribution in [0, 0.1) is 3.57 Å². The van der Waals surface area contributed by atoms with Crippen molar-refractivity contribution in [1.82, 2.24) is 14.0 Å². The van der Waals surface area contributed by atoms with Crippen LogP contribution in [-0.2, 0) is 19.3 Å². The average Bonchev–Trinajstić information content (AvgIpc) is 3.24. The number of benzene rings is 12. The van der Waals surface area contributed by atoms with Gasteiger partial charge in [0.2, 0.25) is 0 Å². The highest BCUT2D eigenvalue weighted by molar-refractivity contribution is 14.1. The summed E-state index contributed by atoms with van der Waals surface area (Å²) < 4.78 is 8.47. The molecule has 4 heterocycles. The van der Waals surface area contributed by atoms with Crippen LogP contribution in [0.15, 0.2) is 258 Å². The van der Waals surface area contributed by atoms with Gasteiger partial charge in [0.05, 0.1) is 38.6 Å². The van der Waals surface area contributed by atoms with Crippen LogP contribution in [0.4, 0.5) is 0 Å². The largest absolute Gasteiger partial charge is 0.353 e. The number of halogens is 3. The van der Waals surface area contributed by atoms with Crippen LogP contribution in [-0.4, -0.2) is 14.0 Å². The van der Waals surface area contributed by atoms with E-state index in [1.54, 1.807) is 0 Å². The zero-order valence-corrected chi connectivity index (χ0v) is 49.2. The molecule has 3 aliphatic rings. The predicted molar refractivity (Wildman–Crippen MR) is 357 cm³/mol. The summed E-state index contributed by atoms with van der Waals surface area (Å²) in [6.45, 7) is 0. The summed E-state index contributed by atoms with van der Waals surface area (Å²) in [5.74, 6) is 0. The highest BCUT2D eigenvalue weighted by atomic mass is 127. The smallest absolute Gasteiger partial charge is 0.0683 e. The molecule has 0 aliphatic heterocycles. The molecular formula is C75H48Br2IN3. The molecule has 0 unspecified atom stereocenters. The number of para-hydroxylation sites is 5. The second-order valence-electron chi connectivity index (χ2n) is 21.5. The van der Waals surface area contributed by atoms with Crippen molar-refractivity contribution in [3.63, 3.8) is 0 Å². The maximum atomic E-state index is 3.81. The first-order valence-electron chi connectivity index (χ1n) is 27.6. The maximum absolute atomic E-state index is 3.81. The van der Waals surface area contributed by atoms with Gasteiger partial charge in [-0.25, -0.2) is 0 Å². The molecule has 3 nitrogen and oxygen atoms in total. The lowest BCUT2D eigenvalue weighted by Gasteiger charge is -2.12. The molecule has 0 radical (unpaired) electrons. The summed E-state index contributed by atoms with van der Waals surface area (Å²) in [5, 5.41) is 10.6. The minimum atomic E-state index is 1.01. The Kier molecular flexibility index (Phi) is 11.7. The third-order valence-corrected chi connectivity index (χ3v) is 19.1. The number of hydrogen-bond acceptors (Lipinski definition) is 0. The van der Waals surface area contributed by atoms with Gasteiger partial charge < -0.3 is 14.0 Å². The molecule has 0 fully saturated rings. The lowest BCUT2D eigenvalue weighted by molar-refractivity contribution is 1.17. The van der Waals surface area contributed by atoms with Crippen molar-refractivity contribution >= 4 is 136 Å². The molecule has 384 valence electrons. The number of aromatic amines is 1. The first-order chi connectivity index (χ1) is 40.0. The van der Waals surface area contributed by atoms with Gasteiger partial charge in [-0.1, -0.05) is 206 Å². The van der Waals surface area contributed by atoms with Crippen molar-refractivity contribution in [3.8, 4) is 39.1 Å². The van der Waals surface area contributed by atoms with Crippen LogP contribution >= 0.6 is 54.5 Å². The molecule has 0 saturated heterocycles. The Balaban J connectivity index is 0.0000000952. The number of rotatable bonds is 1. The first kappa shape index (κ1) is 48.6. The summed E-state index contributed by atoms with van der Waals surface area (Å²) in [6.07, 6.45) is 3.09. The van der Waals surface area contributed by atoms with Crippen molar-refractivity contribution < 1.29 is 0 Å². The minimum absolute atomic E-state index is 1.01. The second kappa shape index (κ2) is 19.5. The summed E-state index contributed by atoms with van der Waals surface area (Å²) in [7, 11) is 0. The molecule has 4 aromatic heterocycles. The van der Waals surface area contributed by atoms with Crippen molar-refractivity contribution in [2.75, 3.05) is 0 Å². The summed E-state index contributed by atoms with van der Waals surface area (Å²) in [6, 6.07) is 89.6. The van der Waals surface area contributed by atoms with Gasteiger partial charge in [0.1, 0.15) is 0 Å². The Morgan fingerprint density at radius 3 is 1.37 bits per heavy atom. The van der Waals surface area contributed by atoms with Crippen molar-refractivity contribution in [1.29, 1.82) is 0 Å². The summed E-state index contributed by atoms with van der Waals surface area (Å²) in [5.41, 5.74) is 27.2. The average molecular weight is 1280 g/mol. The fourth-order valence-corrected chi connectivity index (χ4v) is 15.1. The van der Waals surface area contributed by atoms with Gasteiger partial charge in [-0.2, -0.15) is 0 Å². The van der Waals surface area contributed by atoms with Crippen LogP contribution in [0.5, 0.6) is 0 Å². The fourth-order valence-electron chi connectivity index (χ4n) is 13.7. The van der Waals surface area contributed by atoms with Crippen molar-refractivity contribution in [2.45, 2.75) is 19.3 Å². The molecule has 0 bridgehead atoms. The number of fused-ring (bicyclic) bond motifs is 24. The zero-order valence-electron chi connectivity index (χ0n) is 43.8. The Bertz CT molecular complexity index is 5180. The topological polar surface area (TPSA) is 25.1 Å². The summed E-state index contributed by atoms with van der Waals surface area (Å²) >= 11 is 9.75. The van der Waals surface area contributed by atoms with Crippen LogP contribution in [0.2, 0.25) is 0 Å². The fraction of sp³-hybridized carbons (Fsp3) is 0.0400. The monoisotopic (exact) mass is 1280 g/mol. The quantitative estimate of drug-likeness (QED) is 0.159. The van der Waals surface area contributed by atoms with Gasteiger partial charge in [0, 0.05) is 78.0 Å². The molecule has 3 aliphatic carbocycles. The molecule has 16 aromatic rings. The van der Waals surface area contributed by atoms with E-state index in [4.69, 9.17) is 0 Å². The number of hydrogen-bond donors (Lipinski definition) is 1. The van der Waals surface area contributed by atoms with Crippen LogP contribution in [0.1, 0.15) is 33.4 Å². The molecule has 6 heteroatoms. The Morgan fingerprint density at radius 1 is 0.309 bits per heavy atom. The van der Waals surface area contributed by atoms with E-state index >= 15 is 0 Å². The highest BCUT2D eigenvalue weighted by Gasteiger charge is 2.28. The number of aromatic nitrogens is 3. The van der Waals surface area contributed by atoms with E-state index < -0.39 is 0 Å². The Labute approximate surface area is 498 Å². The van der Waals surface area contributed by atoms with Crippen LogP contribution in [0.25, 0.3) is 121 Å². The van der Waals surface area contributed by atoms with Gasteiger partial charge in [-0.3, -0.25) is 0 Å². The Morgan fingerprint density at radius 2 is 0.741 bits per heavy atom. The van der Waals surface area contributed by atoms with Gasteiger partial charge in [-0.05, 0) is 166 Å². The van der Waals surface area contributed by atoms with E-state index in [1.165, 1.54) is 158 Å². The molecule has 81 heavy (non-hydrogen) atoms. The van der Waals surface area contributed by atoms with Gasteiger partial charge in [0.15, 0.2) is 0 Å². The van der Waals surface area contributed by atoms with Gasteiger partial charge in [0.25, 0.3) is 0 Å². The first-order valence-corrected chi connectivity index (χ1v) is 30.3. The molecule has 0 amide bonds. The number of H-pyrrole nitrogens is 1. The molecule has 1 N–H and O–H groups in total. The lowest BCUT2D eigenvalue weighted by Crippen LogP contribution is -1.96. The predicted octanol–water partition coefficient (Wildman–Crippen LogP) is 21.5. The molecule has 19 rings (SSSR count). The molecule has 0 spiro atoms. The van der Waals surface area contributed by atoms with Gasteiger partial charge in [-0.15, -0.1) is 0 Å². The standard InChI is InChI=1S/C25H16BrN.C25H15N.C19H12BrN.C6H5I/c26-22-12-6-11-20-21-14-13-17-15-16-7-4-5-10-19(16)23(17)25(21)27(24(20)22)18-8-2-1-3-9-18;1-2-7-17-15(6-1)14-16-12-13-21-20-10-5-9-19-18-8-3-4-11-22(18)26(24(19)20)25(21)23(16)17;20-16-7-3-6-14-15-9-8-12-10-11-4-1-2-5-13(11)17(12)19(15)21-18(14)16;7-6-4-2-1-3-5-6/h1-14H,15H2;1-13H,14H2;1-9,21H,10H2;1-5H. The molecule has 0 atom stereocenters. The zero-order chi connectivity index (χ0) is 53.9. The van der Waals surface area contributed by atoms with Crippen molar-refractivity contribution in [2.24, 2.45) is 0 Å². The number of nitrogens with zero attached hydrogens (tertiary/aromatic N) is 2. The SMILES string of the molecule is Brc1cccc2c1[nH]c1c3c(ccc12)Cc1ccccc1-3.Brc1cccc2c3ccc4c(c3n(-c3ccccc3)c12)-c1ccccc1C4.Ic1ccccc1.c1ccc2c(c1)Cc1ccc3c4cccc5c6ccccc6n(c3c1-2)c54.